The van der Waals surface area contributed by atoms with E-state index in [-0.39, 0.29) is 23.1 Å². The van der Waals surface area contributed by atoms with E-state index in [1.165, 1.54) is 17.7 Å². The average Bonchev–Trinajstić information content (AvgIpc) is 3.25. The summed E-state index contributed by atoms with van der Waals surface area (Å²) in [5.74, 6) is -0.203. The van der Waals surface area contributed by atoms with Gasteiger partial charge in [-0.05, 0) is 68.5 Å². The molecule has 6 heteroatoms. The van der Waals surface area contributed by atoms with Crippen LogP contribution in [-0.4, -0.2) is 44.9 Å². The van der Waals surface area contributed by atoms with Crippen molar-refractivity contribution in [2.45, 2.75) is 52.6 Å². The first-order valence-corrected chi connectivity index (χ1v) is 10.8. The third-order valence-corrected chi connectivity index (χ3v) is 6.62. The van der Waals surface area contributed by atoms with E-state index in [0.29, 0.717) is 13.1 Å². The Morgan fingerprint density at radius 1 is 1.40 bits per heavy atom. The molecular weight excluding hydrogens is 381 g/mol. The second-order valence-corrected chi connectivity index (χ2v) is 8.93. The number of aromatic nitrogens is 2. The Morgan fingerprint density at radius 3 is 2.80 bits per heavy atom. The minimum absolute atomic E-state index is 0.0867. The van der Waals surface area contributed by atoms with Crippen LogP contribution < -0.4 is 0 Å². The molecule has 2 aromatic rings. The van der Waals surface area contributed by atoms with Crippen molar-refractivity contribution in [3.05, 3.63) is 53.1 Å². The van der Waals surface area contributed by atoms with E-state index in [2.05, 4.69) is 25.0 Å². The quantitative estimate of drug-likeness (QED) is 0.782. The molecule has 1 amide bonds. The normalized spacial score (nSPS) is 23.5. The highest BCUT2D eigenvalue weighted by Crippen LogP contribution is 2.53. The molecule has 2 aliphatic rings. The van der Waals surface area contributed by atoms with Crippen LogP contribution in [0.2, 0.25) is 0 Å². The fraction of sp³-hybridized carbons (Fsp3) is 0.500. The summed E-state index contributed by atoms with van der Waals surface area (Å²) in [6.45, 7) is 7.03. The molecule has 3 atom stereocenters. The molecule has 30 heavy (non-hydrogen) atoms. The van der Waals surface area contributed by atoms with Crippen molar-refractivity contribution < 1.29 is 14.3 Å². The number of halogens is 1. The summed E-state index contributed by atoms with van der Waals surface area (Å²) in [6.07, 6.45) is 6.87. The number of allylic oxidation sites excluding steroid dienone is 1. The molecule has 1 aromatic heterocycles. The monoisotopic (exact) mass is 411 g/mol. The lowest BCUT2D eigenvalue weighted by atomic mass is 9.69. The van der Waals surface area contributed by atoms with Gasteiger partial charge in [0.05, 0.1) is 23.7 Å². The summed E-state index contributed by atoms with van der Waals surface area (Å²) < 4.78 is 15.2. The number of rotatable bonds is 6. The Balaban J connectivity index is 1.64. The zero-order chi connectivity index (χ0) is 21.5. The summed E-state index contributed by atoms with van der Waals surface area (Å²) in [4.78, 5) is 15.3. The highest BCUT2D eigenvalue weighted by atomic mass is 19.1. The molecule has 0 spiro atoms. The highest BCUT2D eigenvalue weighted by Gasteiger charge is 2.49. The summed E-state index contributed by atoms with van der Waals surface area (Å²) in [5, 5.41) is 14.4. The Kier molecular flexibility index (Phi) is 5.53. The van der Waals surface area contributed by atoms with Crippen LogP contribution in [0.15, 0.2) is 36.0 Å². The van der Waals surface area contributed by atoms with Gasteiger partial charge < -0.3 is 10.0 Å². The molecule has 0 saturated heterocycles. The first-order valence-electron chi connectivity index (χ1n) is 10.8. The predicted octanol–water partition coefficient (Wildman–Crippen LogP) is 3.99. The van der Waals surface area contributed by atoms with E-state index < -0.39 is 6.10 Å². The SMILES string of the molecule is CCCN(C[C@H](C)O)C(=O)[C@H]1CCC2=Cc3c(cnn3-c3ccc(F)cc3)C[C@@]21C. The standard InChI is InChI=1S/C24H30FN3O2/c1-4-11-27(15-16(2)29)23(30)21-10-5-18-12-22-17(13-24(18,21)3)14-26-28(22)20-8-6-19(25)7-9-20/h6-9,12,14,16,21,29H,4-5,10-11,13,15H2,1-3H3/t16-,21+,24-/m0/s1. The van der Waals surface area contributed by atoms with Gasteiger partial charge in [0.25, 0.3) is 0 Å². The highest BCUT2D eigenvalue weighted by molar-refractivity contribution is 5.82. The summed E-state index contributed by atoms with van der Waals surface area (Å²) >= 11 is 0. The van der Waals surface area contributed by atoms with Crippen LogP contribution >= 0.6 is 0 Å². The zero-order valence-corrected chi connectivity index (χ0v) is 17.9. The van der Waals surface area contributed by atoms with Gasteiger partial charge in [0.15, 0.2) is 0 Å². The Labute approximate surface area is 177 Å². The molecular formula is C24H30FN3O2. The number of fused-ring (bicyclic) bond motifs is 2. The molecule has 0 aliphatic heterocycles. The molecule has 1 aromatic carbocycles. The zero-order valence-electron chi connectivity index (χ0n) is 17.9. The van der Waals surface area contributed by atoms with Crippen LogP contribution in [0.3, 0.4) is 0 Å². The predicted molar refractivity (Wildman–Crippen MR) is 115 cm³/mol. The van der Waals surface area contributed by atoms with Crippen molar-refractivity contribution in [3.63, 3.8) is 0 Å². The van der Waals surface area contributed by atoms with Gasteiger partial charge >= 0.3 is 0 Å². The average molecular weight is 412 g/mol. The molecule has 1 heterocycles. The first-order chi connectivity index (χ1) is 14.3. The number of benzene rings is 1. The number of amides is 1. The van der Waals surface area contributed by atoms with Crippen molar-refractivity contribution in [2.75, 3.05) is 13.1 Å². The second-order valence-electron chi connectivity index (χ2n) is 8.93. The van der Waals surface area contributed by atoms with Crippen molar-refractivity contribution in [3.8, 4) is 5.69 Å². The van der Waals surface area contributed by atoms with E-state index >= 15 is 0 Å². The lowest BCUT2D eigenvalue weighted by Crippen LogP contribution is -2.45. The lowest BCUT2D eigenvalue weighted by molar-refractivity contribution is -0.139. The van der Waals surface area contributed by atoms with Crippen LogP contribution in [0.4, 0.5) is 4.39 Å². The van der Waals surface area contributed by atoms with Crippen LogP contribution in [0.25, 0.3) is 11.8 Å². The van der Waals surface area contributed by atoms with Gasteiger partial charge in [-0.3, -0.25) is 4.79 Å². The number of hydrogen-bond donors (Lipinski definition) is 1. The number of hydrogen-bond acceptors (Lipinski definition) is 3. The maximum absolute atomic E-state index is 13.4. The molecule has 5 nitrogen and oxygen atoms in total. The fourth-order valence-corrected chi connectivity index (χ4v) is 5.13. The number of nitrogens with zero attached hydrogens (tertiary/aromatic N) is 3. The number of carbonyl (C=O) groups is 1. The minimum atomic E-state index is -0.531. The molecule has 1 N–H and O–H groups in total. The third kappa shape index (κ3) is 3.58. The van der Waals surface area contributed by atoms with Crippen LogP contribution in [0, 0.1) is 17.2 Å². The van der Waals surface area contributed by atoms with Gasteiger partial charge in [0.2, 0.25) is 5.91 Å². The topological polar surface area (TPSA) is 58.4 Å². The van der Waals surface area contributed by atoms with Gasteiger partial charge in [0.1, 0.15) is 5.82 Å². The van der Waals surface area contributed by atoms with E-state index in [9.17, 15) is 14.3 Å². The minimum Gasteiger partial charge on any atom is -0.392 e. The van der Waals surface area contributed by atoms with Crippen molar-refractivity contribution in [1.29, 1.82) is 0 Å². The Morgan fingerprint density at radius 2 is 2.13 bits per heavy atom. The molecule has 4 rings (SSSR count). The smallest absolute Gasteiger partial charge is 0.226 e. The largest absolute Gasteiger partial charge is 0.392 e. The van der Waals surface area contributed by atoms with Crippen molar-refractivity contribution in [2.24, 2.45) is 11.3 Å². The molecule has 1 fully saturated rings. The second kappa shape index (κ2) is 7.99. The van der Waals surface area contributed by atoms with Crippen LogP contribution in [0.5, 0.6) is 0 Å². The molecule has 160 valence electrons. The number of aliphatic hydroxyl groups excluding tert-OH is 1. The first kappa shape index (κ1) is 20.8. The fourth-order valence-electron chi connectivity index (χ4n) is 5.13. The lowest BCUT2D eigenvalue weighted by Gasteiger charge is -2.38. The van der Waals surface area contributed by atoms with Crippen molar-refractivity contribution in [1.82, 2.24) is 14.7 Å². The van der Waals surface area contributed by atoms with Gasteiger partial charge in [-0.25, -0.2) is 9.07 Å². The molecule has 1 saturated carbocycles. The van der Waals surface area contributed by atoms with E-state index in [4.69, 9.17) is 0 Å². The molecule has 0 radical (unpaired) electrons. The third-order valence-electron chi connectivity index (χ3n) is 6.62. The maximum Gasteiger partial charge on any atom is 0.226 e. The summed E-state index contributed by atoms with van der Waals surface area (Å²) in [6, 6.07) is 6.35. The number of aliphatic hydroxyl groups is 1. The van der Waals surface area contributed by atoms with Crippen LogP contribution in [-0.2, 0) is 11.2 Å². The molecule has 2 aliphatic carbocycles. The molecule has 0 unspecified atom stereocenters. The maximum atomic E-state index is 13.4. The van der Waals surface area contributed by atoms with Gasteiger partial charge in [-0.1, -0.05) is 19.4 Å². The summed E-state index contributed by atoms with van der Waals surface area (Å²) in [5.41, 5.74) is 4.02. The van der Waals surface area contributed by atoms with Gasteiger partial charge in [0, 0.05) is 24.4 Å². The van der Waals surface area contributed by atoms with Gasteiger partial charge in [-0.15, -0.1) is 0 Å². The Hall–Kier alpha value is -2.47. The van der Waals surface area contributed by atoms with E-state index in [0.717, 1.165) is 42.6 Å². The Bertz CT molecular complexity index is 963. The summed E-state index contributed by atoms with van der Waals surface area (Å²) in [7, 11) is 0. The van der Waals surface area contributed by atoms with Crippen molar-refractivity contribution >= 4 is 12.0 Å². The van der Waals surface area contributed by atoms with E-state index in [1.807, 2.05) is 15.8 Å². The van der Waals surface area contributed by atoms with Crippen LogP contribution in [0.1, 0.15) is 51.3 Å². The van der Waals surface area contributed by atoms with Gasteiger partial charge in [-0.2, -0.15) is 5.10 Å². The molecule has 0 bridgehead atoms. The van der Waals surface area contributed by atoms with E-state index in [1.54, 1.807) is 19.1 Å². The number of carbonyl (C=O) groups excluding carboxylic acids is 1.